The zero-order chi connectivity index (χ0) is 34.5. The topological polar surface area (TPSA) is 153 Å². The molecule has 47 heavy (non-hydrogen) atoms. The fraction of sp³-hybridized carbons (Fsp3) is 0.367. The standard InChI is InChI=1S/C28H35N7O4S.C2HF3O2/c1-20(36)19-33-13-15-34(16-14-33)21-9-11-24(27(17-21)39-3)30-28-29-18-22-10-12-26(35(22)31-28)23-7-5-6-8-25(23)32(2)40(4,37)38;3-2(4,5)1(6)7/h5-12,17-18,20,36H,13-16,19H2,1-4H3,(H,30,31);(H,6,7)/t20-;/m0./s1. The van der Waals surface area contributed by atoms with E-state index in [0.29, 0.717) is 23.9 Å². The number of aliphatic hydroxyl groups is 1. The lowest BCUT2D eigenvalue weighted by Crippen LogP contribution is -2.48. The number of aliphatic carboxylic acids is 1. The first-order chi connectivity index (χ1) is 22.1. The summed E-state index contributed by atoms with van der Waals surface area (Å²) in [5.74, 6) is -1.72. The predicted molar refractivity (Wildman–Crippen MR) is 172 cm³/mol. The summed E-state index contributed by atoms with van der Waals surface area (Å²) in [6.45, 7) is 6.03. The second-order valence-corrected chi connectivity index (χ2v) is 12.8. The van der Waals surface area contributed by atoms with E-state index in [4.69, 9.17) is 19.7 Å². The molecule has 4 aromatic rings. The number of β-amino-alcohol motifs (C(OH)–C–C–N with tert-alkyl or cyclic N) is 1. The second-order valence-electron chi connectivity index (χ2n) is 10.8. The Kier molecular flexibility index (Phi) is 10.8. The van der Waals surface area contributed by atoms with E-state index in [0.717, 1.165) is 54.3 Å². The molecule has 0 spiro atoms. The van der Waals surface area contributed by atoms with Crippen LogP contribution in [0.1, 0.15) is 6.92 Å². The van der Waals surface area contributed by atoms with E-state index >= 15 is 0 Å². The molecule has 2 aromatic heterocycles. The average molecular weight is 680 g/mol. The lowest BCUT2D eigenvalue weighted by Gasteiger charge is -2.36. The van der Waals surface area contributed by atoms with E-state index in [1.54, 1.807) is 23.9 Å². The number of methoxy groups -OCH3 is 1. The highest BCUT2D eigenvalue weighted by Gasteiger charge is 2.38. The van der Waals surface area contributed by atoms with Gasteiger partial charge in [0.05, 0.1) is 48.3 Å². The van der Waals surface area contributed by atoms with Crippen LogP contribution < -0.4 is 19.3 Å². The van der Waals surface area contributed by atoms with Gasteiger partial charge in [-0.2, -0.15) is 13.2 Å². The number of piperazine rings is 1. The largest absolute Gasteiger partial charge is 0.494 e. The van der Waals surface area contributed by atoms with E-state index < -0.39 is 22.2 Å². The third kappa shape index (κ3) is 8.81. The van der Waals surface area contributed by atoms with Gasteiger partial charge in [-0.15, -0.1) is 5.10 Å². The van der Waals surface area contributed by atoms with Crippen molar-refractivity contribution in [1.82, 2.24) is 19.5 Å². The van der Waals surface area contributed by atoms with Crippen molar-refractivity contribution in [3.8, 4) is 17.0 Å². The van der Waals surface area contributed by atoms with Crippen molar-refractivity contribution in [1.29, 1.82) is 0 Å². The molecule has 2 aromatic carbocycles. The molecule has 1 atom stereocenters. The molecule has 17 heteroatoms. The van der Waals surface area contributed by atoms with Crippen LogP contribution in [0, 0.1) is 0 Å². The number of hydrogen-bond acceptors (Lipinski definition) is 10. The van der Waals surface area contributed by atoms with Crippen molar-refractivity contribution in [2.24, 2.45) is 0 Å². The molecule has 1 aliphatic rings. The molecule has 0 saturated carbocycles. The van der Waals surface area contributed by atoms with Crippen molar-refractivity contribution in [2.45, 2.75) is 19.2 Å². The molecule has 254 valence electrons. The van der Waals surface area contributed by atoms with E-state index in [9.17, 15) is 26.7 Å². The Morgan fingerprint density at radius 2 is 1.77 bits per heavy atom. The molecule has 13 nitrogen and oxygen atoms in total. The Hall–Kier alpha value is -4.61. The van der Waals surface area contributed by atoms with Gasteiger partial charge in [-0.3, -0.25) is 9.21 Å². The lowest BCUT2D eigenvalue weighted by atomic mass is 10.1. The van der Waals surface area contributed by atoms with Gasteiger partial charge in [-0.05, 0) is 37.3 Å². The number of rotatable bonds is 9. The molecule has 1 aliphatic heterocycles. The van der Waals surface area contributed by atoms with Crippen molar-refractivity contribution >= 4 is 44.5 Å². The Morgan fingerprint density at radius 3 is 2.36 bits per heavy atom. The number of carboxylic acids is 1. The minimum absolute atomic E-state index is 0.329. The number of anilines is 4. The molecule has 0 unspecified atom stereocenters. The van der Waals surface area contributed by atoms with Gasteiger partial charge in [-0.25, -0.2) is 22.7 Å². The monoisotopic (exact) mass is 679 g/mol. The van der Waals surface area contributed by atoms with Crippen LogP contribution in [-0.4, -0.2) is 110 Å². The number of ether oxygens (including phenoxy) is 1. The number of carboxylic acid groups (broad SMARTS) is 1. The summed E-state index contributed by atoms with van der Waals surface area (Å²) >= 11 is 0. The van der Waals surface area contributed by atoms with Crippen LogP contribution in [0.4, 0.5) is 36.2 Å². The molecule has 5 rings (SSSR count). The molecule has 0 aliphatic carbocycles. The summed E-state index contributed by atoms with van der Waals surface area (Å²) in [7, 11) is -0.277. The quantitative estimate of drug-likeness (QED) is 0.238. The molecule has 0 radical (unpaired) electrons. The van der Waals surface area contributed by atoms with Gasteiger partial charge in [0.1, 0.15) is 5.75 Å². The van der Waals surface area contributed by atoms with Crippen LogP contribution >= 0.6 is 0 Å². The first kappa shape index (κ1) is 35.2. The van der Waals surface area contributed by atoms with Crippen molar-refractivity contribution in [3.63, 3.8) is 0 Å². The van der Waals surface area contributed by atoms with Crippen molar-refractivity contribution in [3.05, 3.63) is 60.8 Å². The number of nitrogens with one attached hydrogen (secondary N) is 1. The van der Waals surface area contributed by atoms with Crippen LogP contribution in [0.15, 0.2) is 60.8 Å². The predicted octanol–water partition coefficient (Wildman–Crippen LogP) is 3.68. The number of hydrogen-bond donors (Lipinski definition) is 3. The molecule has 0 bridgehead atoms. The number of alkyl halides is 3. The fourth-order valence-corrected chi connectivity index (χ4v) is 5.49. The van der Waals surface area contributed by atoms with E-state index in [1.165, 1.54) is 17.6 Å². The summed E-state index contributed by atoms with van der Waals surface area (Å²) in [5, 5.41) is 24.8. The van der Waals surface area contributed by atoms with Gasteiger partial charge in [0.15, 0.2) is 0 Å². The highest BCUT2D eigenvalue weighted by molar-refractivity contribution is 7.92. The third-order valence-electron chi connectivity index (χ3n) is 7.35. The molecular weight excluding hydrogens is 643 g/mol. The maximum Gasteiger partial charge on any atom is 0.490 e. The number of sulfonamides is 1. The van der Waals surface area contributed by atoms with E-state index in [-0.39, 0.29) is 6.10 Å². The summed E-state index contributed by atoms with van der Waals surface area (Å²) in [6, 6.07) is 17.1. The Bertz CT molecular complexity index is 1810. The highest BCUT2D eigenvalue weighted by atomic mass is 32.2. The van der Waals surface area contributed by atoms with E-state index in [2.05, 4.69) is 20.1 Å². The fourth-order valence-electron chi connectivity index (χ4n) is 4.97. The zero-order valence-electron chi connectivity index (χ0n) is 26.1. The molecule has 3 heterocycles. The number of aromatic nitrogens is 3. The number of carbonyl (C=O) groups is 1. The highest BCUT2D eigenvalue weighted by Crippen LogP contribution is 2.34. The number of fused-ring (bicyclic) bond motifs is 1. The van der Waals surface area contributed by atoms with Crippen LogP contribution in [-0.2, 0) is 14.8 Å². The molecule has 3 N–H and O–H groups in total. The van der Waals surface area contributed by atoms with Gasteiger partial charge >= 0.3 is 12.1 Å². The average Bonchev–Trinajstić information content (AvgIpc) is 3.43. The molecule has 0 amide bonds. The van der Waals surface area contributed by atoms with Crippen LogP contribution in [0.3, 0.4) is 0 Å². The number of aliphatic hydroxyl groups excluding tert-OH is 1. The summed E-state index contributed by atoms with van der Waals surface area (Å²) in [5.41, 5.74) is 4.59. The molecule has 1 fully saturated rings. The van der Waals surface area contributed by atoms with Gasteiger partial charge in [-0.1, -0.05) is 18.2 Å². The Morgan fingerprint density at radius 1 is 1.11 bits per heavy atom. The normalized spacial score (nSPS) is 14.7. The van der Waals surface area contributed by atoms with Gasteiger partial charge in [0.2, 0.25) is 16.0 Å². The maximum absolute atomic E-state index is 12.3. The summed E-state index contributed by atoms with van der Waals surface area (Å²) < 4.78 is 65.0. The van der Waals surface area contributed by atoms with Crippen molar-refractivity contribution < 1.29 is 41.3 Å². The minimum Gasteiger partial charge on any atom is -0.494 e. The van der Waals surface area contributed by atoms with Gasteiger partial charge in [0, 0.05) is 57.1 Å². The molecular formula is C30H36F3N7O6S. The maximum atomic E-state index is 12.3. The number of para-hydroxylation sites is 1. The molecule has 1 saturated heterocycles. The number of halogens is 3. The Balaban J connectivity index is 0.000000644. The summed E-state index contributed by atoms with van der Waals surface area (Å²) in [6.07, 6.45) is -2.51. The van der Waals surface area contributed by atoms with Crippen LogP contribution in [0.25, 0.3) is 16.8 Å². The smallest absolute Gasteiger partial charge is 0.490 e. The van der Waals surface area contributed by atoms with Gasteiger partial charge in [0.25, 0.3) is 0 Å². The number of benzene rings is 2. The van der Waals surface area contributed by atoms with Crippen LogP contribution in [0.5, 0.6) is 5.75 Å². The van der Waals surface area contributed by atoms with Crippen molar-refractivity contribution in [2.75, 3.05) is 67.7 Å². The van der Waals surface area contributed by atoms with E-state index in [1.807, 2.05) is 55.5 Å². The first-order valence-electron chi connectivity index (χ1n) is 14.4. The van der Waals surface area contributed by atoms with Gasteiger partial charge < -0.3 is 25.2 Å². The SMILES string of the molecule is COc1cc(N2CCN(C[C@H](C)O)CC2)ccc1Nc1ncc2ccc(-c3ccccc3N(C)S(C)(=O)=O)n2n1.O=C(O)C(F)(F)F. The van der Waals surface area contributed by atoms with Crippen LogP contribution in [0.2, 0.25) is 0 Å². The first-order valence-corrected chi connectivity index (χ1v) is 16.2. The lowest BCUT2D eigenvalue weighted by molar-refractivity contribution is -0.192. The number of nitrogens with zero attached hydrogens (tertiary/aromatic N) is 6. The third-order valence-corrected chi connectivity index (χ3v) is 8.54. The zero-order valence-corrected chi connectivity index (χ0v) is 27.0. The second kappa shape index (κ2) is 14.4. The Labute approximate surface area is 269 Å². The minimum atomic E-state index is -5.08. The summed E-state index contributed by atoms with van der Waals surface area (Å²) in [4.78, 5) is 18.0.